The number of benzene rings is 1. The molecule has 1 amide bonds. The maximum atomic E-state index is 11.3. The van der Waals surface area contributed by atoms with Crippen molar-refractivity contribution in [2.45, 2.75) is 6.92 Å². The Labute approximate surface area is 122 Å². The quantitative estimate of drug-likeness (QED) is 0.630. The number of para-hydroxylation sites is 1. The number of hydrogen-bond acceptors (Lipinski definition) is 4. The molecule has 0 saturated heterocycles. The first kappa shape index (κ1) is 16.2. The van der Waals surface area contributed by atoms with E-state index in [4.69, 9.17) is 0 Å². The van der Waals surface area contributed by atoms with Gasteiger partial charge in [0.1, 0.15) is 5.75 Å². The first-order valence-electron chi connectivity index (χ1n) is 4.38. The Bertz CT molecular complexity index is 498. The summed E-state index contributed by atoms with van der Waals surface area (Å²) < 4.78 is 29.0. The van der Waals surface area contributed by atoms with Crippen molar-refractivity contribution in [1.29, 1.82) is 0 Å². The fraction of sp³-hybridized carbons (Fsp3) is 0.100. The molecule has 1 rings (SSSR count). The van der Waals surface area contributed by atoms with E-state index in [0.29, 0.717) is 0 Å². The van der Waals surface area contributed by atoms with Crippen LogP contribution in [-0.4, -0.2) is 43.9 Å². The van der Waals surface area contributed by atoms with Crippen LogP contribution in [0.2, 0.25) is 0 Å². The van der Waals surface area contributed by atoms with Crippen LogP contribution in [-0.2, 0) is 15.1 Å². The van der Waals surface area contributed by atoms with E-state index in [1.807, 2.05) is 0 Å². The zero-order chi connectivity index (χ0) is 12.2. The first-order chi connectivity index (χ1) is 7.41. The van der Waals surface area contributed by atoms with Crippen LogP contribution in [0.25, 0.3) is 0 Å². The molecule has 1 aromatic carbocycles. The van der Waals surface area contributed by atoms with Gasteiger partial charge in [-0.25, -0.2) is 4.72 Å². The SMILES string of the molecule is C=C(C)C(=O)NS(=O)(=O)Oc1ccccc1.[NaH]. The summed E-state index contributed by atoms with van der Waals surface area (Å²) >= 11 is 0. The topological polar surface area (TPSA) is 72.5 Å². The molecule has 0 saturated carbocycles. The monoisotopic (exact) mass is 265 g/mol. The summed E-state index contributed by atoms with van der Waals surface area (Å²) in [6, 6.07) is 7.87. The third-order valence-corrected chi connectivity index (χ3v) is 2.40. The van der Waals surface area contributed by atoms with E-state index in [9.17, 15) is 13.2 Å². The Kier molecular flexibility index (Phi) is 6.48. The first-order valence-corrected chi connectivity index (χ1v) is 5.78. The van der Waals surface area contributed by atoms with E-state index in [1.54, 1.807) is 22.9 Å². The molecule has 7 heteroatoms. The van der Waals surface area contributed by atoms with Gasteiger partial charge in [0, 0.05) is 5.57 Å². The van der Waals surface area contributed by atoms with Crippen LogP contribution in [0, 0.1) is 0 Å². The zero-order valence-corrected chi connectivity index (χ0v) is 9.45. The standard InChI is InChI=1S/C10H11NO4S.Na.H/c1-8(2)10(12)11-16(13,14)15-9-6-4-3-5-7-9;;/h3-7H,1H2,2H3,(H,11,12);;. The van der Waals surface area contributed by atoms with E-state index in [0.717, 1.165) is 0 Å². The summed E-state index contributed by atoms with van der Waals surface area (Å²) in [7, 11) is -4.14. The van der Waals surface area contributed by atoms with Gasteiger partial charge in [0.15, 0.2) is 0 Å². The molecule has 0 atom stereocenters. The molecule has 0 fully saturated rings. The Morgan fingerprint density at radius 3 is 2.29 bits per heavy atom. The third-order valence-electron chi connectivity index (χ3n) is 1.55. The van der Waals surface area contributed by atoms with Crippen molar-refractivity contribution >= 4 is 45.8 Å². The number of nitrogens with one attached hydrogen (secondary N) is 1. The number of carbonyl (C=O) groups is 1. The fourth-order valence-corrected chi connectivity index (χ4v) is 1.63. The normalized spacial score (nSPS) is 9.94. The Hall–Kier alpha value is -0.820. The van der Waals surface area contributed by atoms with Gasteiger partial charge in [-0.2, -0.15) is 8.42 Å². The summed E-state index contributed by atoms with van der Waals surface area (Å²) in [6.07, 6.45) is 0. The number of rotatable bonds is 4. The molecule has 0 unspecified atom stereocenters. The Balaban J connectivity index is 0.00000256. The van der Waals surface area contributed by atoms with Crippen molar-refractivity contribution in [2.75, 3.05) is 0 Å². The van der Waals surface area contributed by atoms with Crippen molar-refractivity contribution in [2.24, 2.45) is 0 Å². The second-order valence-electron chi connectivity index (χ2n) is 3.06. The van der Waals surface area contributed by atoms with Gasteiger partial charge >= 0.3 is 39.9 Å². The molecule has 1 aromatic rings. The zero-order valence-electron chi connectivity index (χ0n) is 8.64. The van der Waals surface area contributed by atoms with Gasteiger partial charge in [0.2, 0.25) is 0 Å². The van der Waals surface area contributed by atoms with Crippen molar-refractivity contribution < 1.29 is 17.4 Å². The molecule has 0 aromatic heterocycles. The van der Waals surface area contributed by atoms with Crippen LogP contribution in [0.3, 0.4) is 0 Å². The Morgan fingerprint density at radius 2 is 1.82 bits per heavy atom. The predicted molar refractivity (Wildman–Crippen MR) is 66.1 cm³/mol. The van der Waals surface area contributed by atoms with Gasteiger partial charge in [-0.1, -0.05) is 24.8 Å². The molecule has 0 radical (unpaired) electrons. The van der Waals surface area contributed by atoms with Crippen molar-refractivity contribution in [3.63, 3.8) is 0 Å². The fourth-order valence-electron chi connectivity index (χ4n) is 0.824. The van der Waals surface area contributed by atoms with Crippen molar-refractivity contribution in [3.05, 3.63) is 42.5 Å². The van der Waals surface area contributed by atoms with Gasteiger partial charge in [-0.3, -0.25) is 4.79 Å². The van der Waals surface area contributed by atoms with E-state index in [-0.39, 0.29) is 40.9 Å². The van der Waals surface area contributed by atoms with Crippen LogP contribution >= 0.6 is 0 Å². The molecule has 0 heterocycles. The maximum absolute atomic E-state index is 11.3. The van der Waals surface area contributed by atoms with Crippen LogP contribution in [0.1, 0.15) is 6.92 Å². The van der Waals surface area contributed by atoms with Crippen LogP contribution in [0.5, 0.6) is 5.75 Å². The average molecular weight is 265 g/mol. The molecule has 88 valence electrons. The van der Waals surface area contributed by atoms with Crippen LogP contribution < -0.4 is 8.91 Å². The molecule has 0 spiro atoms. The summed E-state index contributed by atoms with van der Waals surface area (Å²) in [6.45, 7) is 4.71. The van der Waals surface area contributed by atoms with Gasteiger partial charge in [-0.05, 0) is 19.1 Å². The number of carbonyl (C=O) groups excluding carboxylic acids is 1. The molecule has 5 nitrogen and oxygen atoms in total. The second-order valence-corrected chi connectivity index (χ2v) is 4.34. The summed E-state index contributed by atoms with van der Waals surface area (Å²) in [4.78, 5) is 11.1. The van der Waals surface area contributed by atoms with Gasteiger partial charge in [0.25, 0.3) is 5.91 Å². The molecular formula is C10H12NNaO4S. The van der Waals surface area contributed by atoms with E-state index in [1.165, 1.54) is 19.1 Å². The van der Waals surface area contributed by atoms with E-state index in [2.05, 4.69) is 10.8 Å². The minimum absolute atomic E-state index is 0. The molecule has 17 heavy (non-hydrogen) atoms. The number of hydrogen-bond donors (Lipinski definition) is 1. The average Bonchev–Trinajstić information content (AvgIpc) is 2.17. The second kappa shape index (κ2) is 6.80. The van der Waals surface area contributed by atoms with Crippen LogP contribution in [0.4, 0.5) is 0 Å². The molecule has 1 N–H and O–H groups in total. The minimum atomic E-state index is -4.14. The van der Waals surface area contributed by atoms with E-state index < -0.39 is 16.2 Å². The molecule has 0 aliphatic heterocycles. The van der Waals surface area contributed by atoms with Crippen molar-refractivity contribution in [1.82, 2.24) is 4.72 Å². The van der Waals surface area contributed by atoms with E-state index >= 15 is 0 Å². The van der Waals surface area contributed by atoms with Gasteiger partial charge in [-0.15, -0.1) is 0 Å². The van der Waals surface area contributed by atoms with Crippen molar-refractivity contribution in [3.8, 4) is 5.75 Å². The molecular weight excluding hydrogens is 253 g/mol. The molecule has 0 bridgehead atoms. The summed E-state index contributed by atoms with van der Waals surface area (Å²) in [5, 5.41) is 0. The predicted octanol–water partition coefficient (Wildman–Crippen LogP) is 0.354. The van der Waals surface area contributed by atoms with Gasteiger partial charge in [0.05, 0.1) is 0 Å². The van der Waals surface area contributed by atoms with Gasteiger partial charge < -0.3 is 4.18 Å². The van der Waals surface area contributed by atoms with Crippen LogP contribution in [0.15, 0.2) is 42.5 Å². The molecule has 0 aliphatic rings. The summed E-state index contributed by atoms with van der Waals surface area (Å²) in [5.41, 5.74) is 0.0836. The third kappa shape index (κ3) is 5.88. The Morgan fingerprint density at radius 1 is 1.29 bits per heavy atom. The number of amides is 1. The summed E-state index contributed by atoms with van der Waals surface area (Å²) in [5.74, 6) is -0.666. The molecule has 0 aliphatic carbocycles.